The number of nitrogens with zero attached hydrogens (tertiary/aromatic N) is 4. The zero-order valence-corrected chi connectivity index (χ0v) is 12.1. The third-order valence-corrected chi connectivity index (χ3v) is 3.49. The molecule has 3 N–H and O–H groups in total. The third kappa shape index (κ3) is 4.24. The highest BCUT2D eigenvalue weighted by Gasteiger charge is 2.11. The summed E-state index contributed by atoms with van der Waals surface area (Å²) in [5.74, 6) is -0.452. The van der Waals surface area contributed by atoms with Gasteiger partial charge in [0.1, 0.15) is 12.2 Å². The summed E-state index contributed by atoms with van der Waals surface area (Å²) < 4.78 is 0. The molecule has 2 aromatic rings. The number of nitrogens with one attached hydrogen (secondary N) is 2. The van der Waals surface area contributed by atoms with E-state index in [0.29, 0.717) is 30.3 Å². The van der Waals surface area contributed by atoms with Crippen molar-refractivity contribution in [2.45, 2.75) is 13.0 Å². The average Bonchev–Trinajstić information content (AvgIpc) is 3.09. The van der Waals surface area contributed by atoms with E-state index in [2.05, 4.69) is 25.5 Å². The largest absolute Gasteiger partial charge is 0.476 e. The Balaban J connectivity index is 1.74. The van der Waals surface area contributed by atoms with E-state index in [9.17, 15) is 9.59 Å². The van der Waals surface area contributed by atoms with Gasteiger partial charge in [-0.2, -0.15) is 5.10 Å². The predicted molar refractivity (Wildman–Crippen MR) is 74.0 cm³/mol. The molecule has 21 heavy (non-hydrogen) atoms. The summed E-state index contributed by atoms with van der Waals surface area (Å²) in [4.78, 5) is 31.8. The van der Waals surface area contributed by atoms with Crippen LogP contribution in [0, 0.1) is 0 Å². The zero-order chi connectivity index (χ0) is 15.2. The van der Waals surface area contributed by atoms with Crippen molar-refractivity contribution in [2.24, 2.45) is 0 Å². The molecule has 0 atom stereocenters. The number of hydrogen-bond acceptors (Lipinski definition) is 6. The molecule has 0 radical (unpaired) electrons. The van der Waals surface area contributed by atoms with E-state index in [4.69, 9.17) is 5.11 Å². The number of urea groups is 1. The molecule has 0 aliphatic carbocycles. The second-order valence-corrected chi connectivity index (χ2v) is 5.14. The normalized spacial score (nSPS) is 10.3. The molecule has 0 spiro atoms. The number of aromatic nitrogens is 4. The lowest BCUT2D eigenvalue weighted by atomic mass is 10.4. The van der Waals surface area contributed by atoms with Crippen molar-refractivity contribution < 1.29 is 14.7 Å². The molecule has 0 aliphatic rings. The van der Waals surface area contributed by atoms with Crippen LogP contribution in [0.2, 0.25) is 0 Å². The molecular formula is C11H14N6O3S. The fraction of sp³-hybridized carbons (Fsp3) is 0.364. The number of carbonyl (C=O) groups is 2. The zero-order valence-electron chi connectivity index (χ0n) is 11.2. The van der Waals surface area contributed by atoms with Gasteiger partial charge in [0, 0.05) is 25.4 Å². The van der Waals surface area contributed by atoms with Gasteiger partial charge in [-0.05, 0) is 0 Å². The number of carboxylic acid groups (broad SMARTS) is 1. The number of hydrogen-bond donors (Lipinski definition) is 3. The Bertz CT molecular complexity index is 611. The van der Waals surface area contributed by atoms with Crippen LogP contribution in [0.4, 0.5) is 4.79 Å². The number of H-pyrrole nitrogens is 1. The minimum absolute atomic E-state index is 0.0313. The lowest BCUT2D eigenvalue weighted by Gasteiger charge is -2.16. The Kier molecular flexibility index (Phi) is 4.82. The van der Waals surface area contributed by atoms with Crippen LogP contribution >= 0.6 is 11.3 Å². The van der Waals surface area contributed by atoms with Crippen LogP contribution in [0.1, 0.15) is 21.3 Å². The van der Waals surface area contributed by atoms with Crippen molar-refractivity contribution in [1.82, 2.24) is 30.4 Å². The molecule has 9 nitrogen and oxygen atoms in total. The van der Waals surface area contributed by atoms with Gasteiger partial charge in [0.2, 0.25) is 0 Å². The fourth-order valence-corrected chi connectivity index (χ4v) is 2.31. The first kappa shape index (κ1) is 14.9. The van der Waals surface area contributed by atoms with E-state index >= 15 is 0 Å². The summed E-state index contributed by atoms with van der Waals surface area (Å²) in [7, 11) is 1.64. The molecule has 2 amide bonds. The maximum absolute atomic E-state index is 11.8. The fourth-order valence-electron chi connectivity index (χ4n) is 1.54. The Morgan fingerprint density at radius 2 is 2.33 bits per heavy atom. The Hall–Kier alpha value is -2.49. The lowest BCUT2D eigenvalue weighted by Crippen LogP contribution is -2.38. The van der Waals surface area contributed by atoms with Gasteiger partial charge in [0.05, 0.1) is 11.6 Å². The second-order valence-electron chi connectivity index (χ2n) is 4.20. The first-order chi connectivity index (χ1) is 10.1. The van der Waals surface area contributed by atoms with Crippen LogP contribution in [0.25, 0.3) is 0 Å². The van der Waals surface area contributed by atoms with Gasteiger partial charge in [-0.1, -0.05) is 0 Å². The highest BCUT2D eigenvalue weighted by Crippen LogP contribution is 2.09. The topological polar surface area (TPSA) is 124 Å². The third-order valence-electron chi connectivity index (χ3n) is 2.58. The standard InChI is InChI=1S/C11H14N6O3S/c1-17(4-8-13-6-14-16-8)11(20)12-3-2-9-15-7(5-21-9)10(18)19/h5-6H,2-4H2,1H3,(H,12,20)(H,18,19)(H,13,14,16). The number of aromatic carboxylic acids is 1. The molecule has 0 aliphatic heterocycles. The summed E-state index contributed by atoms with van der Waals surface area (Å²) >= 11 is 1.26. The van der Waals surface area contributed by atoms with Crippen LogP contribution in [0.5, 0.6) is 0 Å². The van der Waals surface area contributed by atoms with Crippen molar-refractivity contribution in [3.63, 3.8) is 0 Å². The summed E-state index contributed by atoms with van der Waals surface area (Å²) in [6.07, 6.45) is 1.86. The van der Waals surface area contributed by atoms with E-state index in [1.54, 1.807) is 7.05 Å². The van der Waals surface area contributed by atoms with Crippen molar-refractivity contribution in [2.75, 3.05) is 13.6 Å². The summed E-state index contributed by atoms with van der Waals surface area (Å²) in [6.45, 7) is 0.707. The second kappa shape index (κ2) is 6.79. The summed E-state index contributed by atoms with van der Waals surface area (Å²) in [5, 5.41) is 20.0. The van der Waals surface area contributed by atoms with Crippen molar-refractivity contribution in [3.8, 4) is 0 Å². The number of rotatable bonds is 6. The molecule has 0 saturated heterocycles. The molecule has 0 aromatic carbocycles. The van der Waals surface area contributed by atoms with Crippen LogP contribution in [0.15, 0.2) is 11.7 Å². The molecular weight excluding hydrogens is 296 g/mol. The van der Waals surface area contributed by atoms with Crippen LogP contribution in [0.3, 0.4) is 0 Å². The van der Waals surface area contributed by atoms with Gasteiger partial charge >= 0.3 is 12.0 Å². The van der Waals surface area contributed by atoms with E-state index < -0.39 is 5.97 Å². The van der Waals surface area contributed by atoms with E-state index in [0.717, 1.165) is 0 Å². The lowest BCUT2D eigenvalue weighted by molar-refractivity contribution is 0.0691. The van der Waals surface area contributed by atoms with Crippen molar-refractivity contribution in [3.05, 3.63) is 28.2 Å². The summed E-state index contributed by atoms with van der Waals surface area (Å²) in [6, 6.07) is -0.249. The van der Waals surface area contributed by atoms with E-state index in [-0.39, 0.29) is 11.7 Å². The molecule has 10 heteroatoms. The van der Waals surface area contributed by atoms with Gasteiger partial charge < -0.3 is 15.3 Å². The van der Waals surface area contributed by atoms with Gasteiger partial charge in [-0.3, -0.25) is 5.10 Å². The molecule has 0 saturated carbocycles. The Labute approximate surface area is 124 Å². The van der Waals surface area contributed by atoms with Crippen molar-refractivity contribution >= 4 is 23.3 Å². The maximum Gasteiger partial charge on any atom is 0.355 e. The maximum atomic E-state index is 11.8. The molecule has 0 bridgehead atoms. The highest BCUT2D eigenvalue weighted by molar-refractivity contribution is 7.09. The SMILES string of the molecule is CN(Cc1ncn[nH]1)C(=O)NCCc1nc(C(=O)O)cs1. The average molecular weight is 310 g/mol. The minimum atomic E-state index is -1.05. The van der Waals surface area contributed by atoms with Crippen LogP contribution in [-0.4, -0.2) is 55.8 Å². The summed E-state index contributed by atoms with van der Waals surface area (Å²) in [5.41, 5.74) is 0.0313. The first-order valence-corrected chi connectivity index (χ1v) is 6.95. The molecule has 2 aromatic heterocycles. The Morgan fingerprint density at radius 3 is 2.95 bits per heavy atom. The quantitative estimate of drug-likeness (QED) is 0.707. The molecule has 2 rings (SSSR count). The monoisotopic (exact) mass is 310 g/mol. The number of carbonyl (C=O) groups excluding carboxylic acids is 1. The number of amides is 2. The smallest absolute Gasteiger partial charge is 0.355 e. The minimum Gasteiger partial charge on any atom is -0.476 e. The molecule has 112 valence electrons. The van der Waals surface area contributed by atoms with Crippen LogP contribution in [-0.2, 0) is 13.0 Å². The van der Waals surface area contributed by atoms with Gasteiger partial charge in [0.25, 0.3) is 0 Å². The molecule has 0 fully saturated rings. The number of carboxylic acids is 1. The van der Waals surface area contributed by atoms with Gasteiger partial charge in [-0.25, -0.2) is 19.6 Å². The Morgan fingerprint density at radius 1 is 1.52 bits per heavy atom. The van der Waals surface area contributed by atoms with Gasteiger partial charge in [0.15, 0.2) is 5.69 Å². The van der Waals surface area contributed by atoms with Crippen LogP contribution < -0.4 is 5.32 Å². The van der Waals surface area contributed by atoms with Gasteiger partial charge in [-0.15, -0.1) is 11.3 Å². The predicted octanol–water partition coefficient (Wildman–Crippen LogP) is 0.344. The highest BCUT2D eigenvalue weighted by atomic mass is 32.1. The first-order valence-electron chi connectivity index (χ1n) is 6.07. The molecule has 2 heterocycles. The van der Waals surface area contributed by atoms with E-state index in [1.807, 2.05) is 0 Å². The molecule has 0 unspecified atom stereocenters. The number of thiazole rings is 1. The number of aromatic amines is 1. The van der Waals surface area contributed by atoms with Crippen molar-refractivity contribution in [1.29, 1.82) is 0 Å². The van der Waals surface area contributed by atoms with E-state index in [1.165, 1.54) is 27.9 Å².